The number of carbonyl (C=O) groups is 1. The van der Waals surface area contributed by atoms with Crippen LogP contribution in [0.2, 0.25) is 0 Å². The van der Waals surface area contributed by atoms with Crippen molar-refractivity contribution >= 4 is 17.2 Å². The van der Waals surface area contributed by atoms with Gasteiger partial charge in [0.15, 0.2) is 11.6 Å². The Morgan fingerprint density at radius 2 is 2.12 bits per heavy atom. The number of halogens is 1. The van der Waals surface area contributed by atoms with E-state index in [-0.39, 0.29) is 46.9 Å². The smallest absolute Gasteiger partial charge is 0.232 e. The van der Waals surface area contributed by atoms with Gasteiger partial charge in [-0.05, 0) is 18.9 Å². The number of rotatable bonds is 6. The van der Waals surface area contributed by atoms with E-state index in [9.17, 15) is 9.18 Å². The van der Waals surface area contributed by atoms with E-state index < -0.39 is 5.82 Å². The Balaban J connectivity index is 1.65. The van der Waals surface area contributed by atoms with Crippen molar-refractivity contribution in [2.24, 2.45) is 5.73 Å². The molecular weight excluding hydrogens is 413 g/mol. The first-order valence-electron chi connectivity index (χ1n) is 10.2. The molecule has 1 atom stereocenters. The van der Waals surface area contributed by atoms with Crippen LogP contribution in [0.3, 0.4) is 0 Å². The minimum Gasteiger partial charge on any atom is -0.480 e. The maximum Gasteiger partial charge on any atom is 0.232 e. The molecule has 0 bridgehead atoms. The van der Waals surface area contributed by atoms with Gasteiger partial charge in [0.2, 0.25) is 5.88 Å². The molecule has 166 valence electrons. The predicted octanol–water partition coefficient (Wildman–Crippen LogP) is 2.02. The molecule has 0 aromatic carbocycles. The van der Waals surface area contributed by atoms with Crippen LogP contribution in [0.5, 0.6) is 5.88 Å². The van der Waals surface area contributed by atoms with Crippen LogP contribution < -0.4 is 21.1 Å². The number of hydrogen-bond acceptors (Lipinski definition) is 9. The largest absolute Gasteiger partial charge is 0.480 e. The van der Waals surface area contributed by atoms with Gasteiger partial charge >= 0.3 is 0 Å². The van der Waals surface area contributed by atoms with Crippen molar-refractivity contribution in [1.29, 1.82) is 0 Å². The molecule has 9 nitrogen and oxygen atoms in total. The van der Waals surface area contributed by atoms with E-state index in [1.165, 1.54) is 19.5 Å². The molecule has 0 saturated carbocycles. The number of hydrogen-bond donors (Lipinski definition) is 2. The quantitative estimate of drug-likeness (QED) is 0.556. The lowest BCUT2D eigenvalue weighted by Gasteiger charge is -2.33. The second-order valence-electron chi connectivity index (χ2n) is 7.66. The number of nitrogen functional groups attached to an aromatic ring is 1. The zero-order valence-corrected chi connectivity index (χ0v) is 17.7. The Morgan fingerprint density at radius 3 is 2.91 bits per heavy atom. The zero-order valence-electron chi connectivity index (χ0n) is 17.7. The Hall–Kier alpha value is -3.66. The molecule has 1 saturated heterocycles. The topological polar surface area (TPSA) is 133 Å². The maximum atomic E-state index is 14.6. The summed E-state index contributed by atoms with van der Waals surface area (Å²) in [4.78, 5) is 31.8. The van der Waals surface area contributed by atoms with Crippen molar-refractivity contribution in [3.8, 4) is 17.3 Å². The third kappa shape index (κ3) is 4.50. The number of nitrogens with zero attached hydrogens (tertiary/aromatic N) is 5. The summed E-state index contributed by atoms with van der Waals surface area (Å²) < 4.78 is 19.6. The summed E-state index contributed by atoms with van der Waals surface area (Å²) in [7, 11) is 1.43. The van der Waals surface area contributed by atoms with Gasteiger partial charge < -0.3 is 21.1 Å². The number of anilines is 2. The first-order valence-corrected chi connectivity index (χ1v) is 10.2. The van der Waals surface area contributed by atoms with Gasteiger partial charge in [-0.2, -0.15) is 0 Å². The van der Waals surface area contributed by atoms with Crippen LogP contribution in [0.4, 0.5) is 15.8 Å². The molecule has 0 amide bonds. The fourth-order valence-electron chi connectivity index (χ4n) is 3.82. The molecule has 32 heavy (non-hydrogen) atoms. The van der Waals surface area contributed by atoms with Crippen LogP contribution in [0, 0.1) is 5.82 Å². The van der Waals surface area contributed by atoms with Crippen molar-refractivity contribution in [2.75, 3.05) is 30.8 Å². The van der Waals surface area contributed by atoms with E-state index in [1.54, 1.807) is 12.4 Å². The molecule has 0 aliphatic carbocycles. The van der Waals surface area contributed by atoms with Crippen molar-refractivity contribution < 1.29 is 13.9 Å². The molecular formula is C22H24FN7O2. The highest BCUT2D eigenvalue weighted by atomic mass is 19.1. The lowest BCUT2D eigenvalue weighted by molar-refractivity contribution is 0.0989. The van der Waals surface area contributed by atoms with Crippen LogP contribution in [0.25, 0.3) is 11.4 Å². The second kappa shape index (κ2) is 9.23. The molecule has 10 heteroatoms. The molecule has 0 unspecified atom stereocenters. The van der Waals surface area contributed by atoms with Crippen molar-refractivity contribution in [3.05, 3.63) is 54.0 Å². The molecule has 4 N–H and O–H groups in total. The number of nitrogens with two attached hydrogens (primary N) is 2. The normalized spacial score (nSPS) is 16.1. The van der Waals surface area contributed by atoms with Gasteiger partial charge in [0.1, 0.15) is 17.1 Å². The molecule has 3 aromatic rings. The van der Waals surface area contributed by atoms with Crippen LogP contribution in [-0.4, -0.2) is 52.0 Å². The van der Waals surface area contributed by atoms with Gasteiger partial charge in [0.05, 0.1) is 25.2 Å². The predicted molar refractivity (Wildman–Crippen MR) is 118 cm³/mol. The van der Waals surface area contributed by atoms with Gasteiger partial charge in [-0.15, -0.1) is 0 Å². The summed E-state index contributed by atoms with van der Waals surface area (Å²) in [6, 6.07) is 3.03. The Labute approximate surface area is 184 Å². The number of piperidine rings is 1. The van der Waals surface area contributed by atoms with E-state index in [0.717, 1.165) is 36.7 Å². The minimum absolute atomic E-state index is 0.0149. The van der Waals surface area contributed by atoms with E-state index in [0.29, 0.717) is 6.54 Å². The highest BCUT2D eigenvalue weighted by Crippen LogP contribution is 2.27. The molecule has 1 aliphatic heterocycles. The monoisotopic (exact) mass is 437 g/mol. The molecule has 1 fully saturated rings. The lowest BCUT2D eigenvalue weighted by atomic mass is 10.0. The Kier molecular flexibility index (Phi) is 6.22. The van der Waals surface area contributed by atoms with Crippen molar-refractivity contribution in [1.82, 2.24) is 19.9 Å². The van der Waals surface area contributed by atoms with E-state index in [1.807, 2.05) is 6.07 Å². The van der Waals surface area contributed by atoms with Crippen LogP contribution in [0.1, 0.15) is 28.9 Å². The highest BCUT2D eigenvalue weighted by Gasteiger charge is 2.23. The van der Waals surface area contributed by atoms with E-state index in [4.69, 9.17) is 16.2 Å². The third-order valence-corrected chi connectivity index (χ3v) is 5.36. The SMILES string of the molecule is COc1cncc(-c2nc(C(=O)Cc3cnccc3N3CCC[C@H](N)C3)c(N)cc2F)n1. The zero-order chi connectivity index (χ0) is 22.7. The van der Waals surface area contributed by atoms with Crippen LogP contribution >= 0.6 is 0 Å². The van der Waals surface area contributed by atoms with Crippen molar-refractivity contribution in [2.45, 2.75) is 25.3 Å². The van der Waals surface area contributed by atoms with Crippen molar-refractivity contribution in [3.63, 3.8) is 0 Å². The fourth-order valence-corrected chi connectivity index (χ4v) is 3.82. The molecule has 0 radical (unpaired) electrons. The standard InChI is InChI=1S/C22H24FN7O2/c1-32-20-11-27-10-17(28-20)21-15(23)8-16(25)22(29-21)19(31)7-13-9-26-5-4-18(13)30-6-2-3-14(24)12-30/h4-5,8-11,14H,2-3,6-7,12,24-25H2,1H3/t14-/m0/s1. The highest BCUT2D eigenvalue weighted by molar-refractivity contribution is 6.01. The lowest BCUT2D eigenvalue weighted by Crippen LogP contribution is -2.43. The van der Waals surface area contributed by atoms with Gasteiger partial charge in [-0.1, -0.05) is 0 Å². The fraction of sp³-hybridized carbons (Fsp3) is 0.318. The number of aromatic nitrogens is 4. The average molecular weight is 437 g/mol. The molecule has 4 rings (SSSR count). The summed E-state index contributed by atoms with van der Waals surface area (Å²) in [5, 5.41) is 0. The number of ether oxygens (including phenoxy) is 1. The van der Waals surface area contributed by atoms with Gasteiger partial charge in [0.25, 0.3) is 0 Å². The second-order valence-corrected chi connectivity index (χ2v) is 7.66. The Bertz CT molecular complexity index is 1140. The molecule has 0 spiro atoms. The Morgan fingerprint density at radius 1 is 1.28 bits per heavy atom. The van der Waals surface area contributed by atoms with Gasteiger partial charge in [0, 0.05) is 55.3 Å². The van der Waals surface area contributed by atoms with Gasteiger partial charge in [-0.25, -0.2) is 14.4 Å². The molecule has 3 aromatic heterocycles. The summed E-state index contributed by atoms with van der Waals surface area (Å²) in [5.41, 5.74) is 13.7. The average Bonchev–Trinajstić information content (AvgIpc) is 2.79. The number of Topliss-reactive ketones (excluding diaryl/α,β-unsaturated/α-hetero) is 1. The first-order chi connectivity index (χ1) is 15.5. The number of carbonyl (C=O) groups excluding carboxylic acids is 1. The summed E-state index contributed by atoms with van der Waals surface area (Å²) in [5.74, 6) is -0.853. The summed E-state index contributed by atoms with van der Waals surface area (Å²) >= 11 is 0. The summed E-state index contributed by atoms with van der Waals surface area (Å²) in [6.45, 7) is 1.56. The summed E-state index contributed by atoms with van der Waals surface area (Å²) in [6.07, 6.45) is 8.05. The van der Waals surface area contributed by atoms with E-state index in [2.05, 4.69) is 24.8 Å². The van der Waals surface area contributed by atoms with Crippen LogP contribution in [0.15, 0.2) is 36.9 Å². The van der Waals surface area contributed by atoms with Gasteiger partial charge in [-0.3, -0.25) is 14.8 Å². The van der Waals surface area contributed by atoms with E-state index >= 15 is 0 Å². The number of methoxy groups -OCH3 is 1. The number of pyridine rings is 2. The molecule has 4 heterocycles. The first kappa shape index (κ1) is 21.6. The third-order valence-electron chi connectivity index (χ3n) is 5.36. The maximum absolute atomic E-state index is 14.6. The minimum atomic E-state index is -0.703. The molecule has 1 aliphatic rings. The number of ketones is 1. The van der Waals surface area contributed by atoms with Crippen LogP contribution in [-0.2, 0) is 6.42 Å².